The molecule has 2 aromatic carbocycles. The molecule has 0 aliphatic carbocycles. The van der Waals surface area contributed by atoms with Crippen LogP contribution in [0.25, 0.3) is 0 Å². The topological polar surface area (TPSA) is 60.0 Å². The SMILES string of the molecule is CCC(NC(=O)N(C)Cc1ccc2c(c1)OCO2)c1ccc(OC)cc1. The number of hydrogen-bond donors (Lipinski definition) is 1. The van der Waals surface area contributed by atoms with E-state index >= 15 is 0 Å². The van der Waals surface area contributed by atoms with Gasteiger partial charge in [0.15, 0.2) is 11.5 Å². The third kappa shape index (κ3) is 4.02. The van der Waals surface area contributed by atoms with E-state index in [1.165, 1.54) is 0 Å². The van der Waals surface area contributed by atoms with Crippen LogP contribution in [0.1, 0.15) is 30.5 Å². The highest BCUT2D eigenvalue weighted by molar-refractivity contribution is 5.74. The van der Waals surface area contributed by atoms with Crippen molar-refractivity contribution < 1.29 is 19.0 Å². The van der Waals surface area contributed by atoms with Crippen molar-refractivity contribution in [3.8, 4) is 17.2 Å². The van der Waals surface area contributed by atoms with Crippen LogP contribution < -0.4 is 19.5 Å². The van der Waals surface area contributed by atoms with Crippen LogP contribution in [0.4, 0.5) is 4.79 Å². The van der Waals surface area contributed by atoms with E-state index in [1.54, 1.807) is 19.1 Å². The molecule has 0 spiro atoms. The Morgan fingerprint density at radius 2 is 1.92 bits per heavy atom. The number of amides is 2. The Hall–Kier alpha value is -2.89. The molecule has 0 saturated heterocycles. The lowest BCUT2D eigenvalue weighted by Crippen LogP contribution is -2.38. The second-order valence-corrected chi connectivity index (χ2v) is 6.23. The first-order valence-electron chi connectivity index (χ1n) is 8.64. The van der Waals surface area contributed by atoms with E-state index in [9.17, 15) is 4.79 Å². The molecule has 26 heavy (non-hydrogen) atoms. The van der Waals surface area contributed by atoms with Gasteiger partial charge in [-0.25, -0.2) is 4.79 Å². The minimum absolute atomic E-state index is 0.0485. The fourth-order valence-electron chi connectivity index (χ4n) is 2.90. The molecule has 6 nitrogen and oxygen atoms in total. The molecule has 1 aliphatic rings. The molecule has 2 amide bonds. The highest BCUT2D eigenvalue weighted by Crippen LogP contribution is 2.32. The van der Waals surface area contributed by atoms with Crippen molar-refractivity contribution >= 4 is 6.03 Å². The minimum atomic E-state index is -0.120. The summed E-state index contributed by atoms with van der Waals surface area (Å²) in [5.41, 5.74) is 2.04. The quantitative estimate of drug-likeness (QED) is 0.857. The molecule has 6 heteroatoms. The zero-order chi connectivity index (χ0) is 18.5. The molecule has 0 bridgehead atoms. The molecule has 3 rings (SSSR count). The number of methoxy groups -OCH3 is 1. The lowest BCUT2D eigenvalue weighted by molar-refractivity contribution is 0.174. The summed E-state index contributed by atoms with van der Waals surface area (Å²) < 4.78 is 15.9. The molecular weight excluding hydrogens is 332 g/mol. The van der Waals surface area contributed by atoms with E-state index in [1.807, 2.05) is 49.4 Å². The van der Waals surface area contributed by atoms with Crippen LogP contribution in [0.2, 0.25) is 0 Å². The van der Waals surface area contributed by atoms with Crippen LogP contribution >= 0.6 is 0 Å². The Morgan fingerprint density at radius 1 is 1.19 bits per heavy atom. The average molecular weight is 356 g/mol. The molecule has 138 valence electrons. The third-order valence-corrected chi connectivity index (χ3v) is 4.43. The Kier molecular flexibility index (Phi) is 5.51. The second kappa shape index (κ2) is 7.99. The maximum atomic E-state index is 12.6. The molecule has 0 fully saturated rings. The van der Waals surface area contributed by atoms with Gasteiger partial charge in [0, 0.05) is 13.6 Å². The van der Waals surface area contributed by atoms with Gasteiger partial charge < -0.3 is 24.4 Å². The van der Waals surface area contributed by atoms with Gasteiger partial charge in [0.05, 0.1) is 13.2 Å². The summed E-state index contributed by atoms with van der Waals surface area (Å²) in [6.45, 7) is 2.78. The first-order chi connectivity index (χ1) is 12.6. The monoisotopic (exact) mass is 356 g/mol. The number of nitrogens with one attached hydrogen (secondary N) is 1. The van der Waals surface area contributed by atoms with E-state index in [-0.39, 0.29) is 18.9 Å². The number of urea groups is 1. The first kappa shape index (κ1) is 17.9. The molecule has 1 aliphatic heterocycles. The molecule has 0 saturated carbocycles. The van der Waals surface area contributed by atoms with Gasteiger partial charge >= 0.3 is 6.03 Å². The normalized spacial score (nSPS) is 13.2. The maximum Gasteiger partial charge on any atom is 0.317 e. The Morgan fingerprint density at radius 3 is 2.62 bits per heavy atom. The number of rotatable bonds is 6. The lowest BCUT2D eigenvalue weighted by Gasteiger charge is -2.23. The van der Waals surface area contributed by atoms with E-state index in [0.717, 1.165) is 34.8 Å². The summed E-state index contributed by atoms with van der Waals surface area (Å²) in [6, 6.07) is 13.3. The Balaban J connectivity index is 1.61. The van der Waals surface area contributed by atoms with Crippen molar-refractivity contribution in [3.63, 3.8) is 0 Å². The second-order valence-electron chi connectivity index (χ2n) is 6.23. The van der Waals surface area contributed by atoms with Gasteiger partial charge in [-0.3, -0.25) is 0 Å². The first-order valence-corrected chi connectivity index (χ1v) is 8.64. The molecule has 1 heterocycles. The van der Waals surface area contributed by atoms with Gasteiger partial charge in [-0.1, -0.05) is 25.1 Å². The minimum Gasteiger partial charge on any atom is -0.497 e. The highest BCUT2D eigenvalue weighted by Gasteiger charge is 2.18. The number of nitrogens with zero attached hydrogens (tertiary/aromatic N) is 1. The standard InChI is InChI=1S/C20H24N2O4/c1-4-17(15-6-8-16(24-3)9-7-15)21-20(23)22(2)12-14-5-10-18-19(11-14)26-13-25-18/h5-11,17H,4,12-13H2,1-3H3,(H,21,23). The van der Waals surface area contributed by atoms with Crippen molar-refractivity contribution in [2.45, 2.75) is 25.9 Å². The summed E-state index contributed by atoms with van der Waals surface area (Å²) in [5, 5.41) is 3.08. The lowest BCUT2D eigenvalue weighted by atomic mass is 10.0. The summed E-state index contributed by atoms with van der Waals surface area (Å²) >= 11 is 0. The van der Waals surface area contributed by atoms with Gasteiger partial charge in [0.1, 0.15) is 5.75 Å². The fraction of sp³-hybridized carbons (Fsp3) is 0.350. The van der Waals surface area contributed by atoms with Crippen molar-refractivity contribution in [2.24, 2.45) is 0 Å². The van der Waals surface area contributed by atoms with Crippen molar-refractivity contribution in [3.05, 3.63) is 53.6 Å². The highest BCUT2D eigenvalue weighted by atomic mass is 16.7. The zero-order valence-electron chi connectivity index (χ0n) is 15.3. The molecule has 1 unspecified atom stereocenters. The number of ether oxygens (including phenoxy) is 3. The molecule has 0 radical (unpaired) electrons. The number of benzene rings is 2. The third-order valence-electron chi connectivity index (χ3n) is 4.43. The van der Waals surface area contributed by atoms with Crippen molar-refractivity contribution in [1.82, 2.24) is 10.2 Å². The van der Waals surface area contributed by atoms with Gasteiger partial charge in [-0.2, -0.15) is 0 Å². The van der Waals surface area contributed by atoms with E-state index in [2.05, 4.69) is 5.32 Å². The van der Waals surface area contributed by atoms with E-state index in [4.69, 9.17) is 14.2 Å². The van der Waals surface area contributed by atoms with E-state index < -0.39 is 0 Å². The molecular formula is C20H24N2O4. The number of carbonyl (C=O) groups is 1. The maximum absolute atomic E-state index is 12.6. The molecule has 0 aromatic heterocycles. The summed E-state index contributed by atoms with van der Waals surface area (Å²) in [5.74, 6) is 2.27. The smallest absolute Gasteiger partial charge is 0.317 e. The summed E-state index contributed by atoms with van der Waals surface area (Å²) in [6.07, 6.45) is 0.802. The Bertz CT molecular complexity index is 761. The van der Waals surface area contributed by atoms with Crippen LogP contribution in [0.5, 0.6) is 17.2 Å². The fourth-order valence-corrected chi connectivity index (χ4v) is 2.90. The van der Waals surface area contributed by atoms with Gasteiger partial charge in [0.25, 0.3) is 0 Å². The zero-order valence-corrected chi connectivity index (χ0v) is 15.3. The van der Waals surface area contributed by atoms with Gasteiger partial charge in [-0.15, -0.1) is 0 Å². The molecule has 2 aromatic rings. The van der Waals surface area contributed by atoms with Crippen LogP contribution in [0.15, 0.2) is 42.5 Å². The molecule has 1 N–H and O–H groups in total. The summed E-state index contributed by atoms with van der Waals surface area (Å²) in [4.78, 5) is 14.2. The predicted molar refractivity (Wildman–Crippen MR) is 98.6 cm³/mol. The van der Waals surface area contributed by atoms with Gasteiger partial charge in [-0.05, 0) is 41.8 Å². The number of carbonyl (C=O) groups excluding carboxylic acids is 1. The van der Waals surface area contributed by atoms with Crippen LogP contribution in [0, 0.1) is 0 Å². The van der Waals surface area contributed by atoms with Crippen LogP contribution in [-0.2, 0) is 6.54 Å². The van der Waals surface area contributed by atoms with Crippen LogP contribution in [0.3, 0.4) is 0 Å². The van der Waals surface area contributed by atoms with Crippen LogP contribution in [-0.4, -0.2) is 31.9 Å². The van der Waals surface area contributed by atoms with E-state index in [0.29, 0.717) is 6.54 Å². The van der Waals surface area contributed by atoms with Crippen molar-refractivity contribution in [1.29, 1.82) is 0 Å². The number of hydrogen-bond acceptors (Lipinski definition) is 4. The largest absolute Gasteiger partial charge is 0.497 e. The Labute approximate surface area is 153 Å². The molecule has 1 atom stereocenters. The average Bonchev–Trinajstić information content (AvgIpc) is 3.13. The van der Waals surface area contributed by atoms with Gasteiger partial charge in [0.2, 0.25) is 6.79 Å². The predicted octanol–water partition coefficient (Wildman–Crippen LogP) is 3.72. The summed E-state index contributed by atoms with van der Waals surface area (Å²) in [7, 11) is 3.42. The van der Waals surface area contributed by atoms with Crippen molar-refractivity contribution in [2.75, 3.05) is 21.0 Å². The number of fused-ring (bicyclic) bond motifs is 1.